The summed E-state index contributed by atoms with van der Waals surface area (Å²) in [5.41, 5.74) is 0.297. The van der Waals surface area contributed by atoms with Crippen LogP contribution >= 0.6 is 11.6 Å². The fourth-order valence-electron chi connectivity index (χ4n) is 2.22. The zero-order valence-electron chi connectivity index (χ0n) is 13.2. The molecule has 1 heterocycles. The Morgan fingerprint density at radius 2 is 1.88 bits per heavy atom. The van der Waals surface area contributed by atoms with Gasteiger partial charge >= 0.3 is 17.8 Å². The molecule has 0 radical (unpaired) electrons. The number of hydrogen-bond donors (Lipinski definition) is 1. The van der Waals surface area contributed by atoms with Gasteiger partial charge in [-0.15, -0.1) is 0 Å². The number of nitrogens with one attached hydrogen (secondary N) is 1. The normalized spacial score (nSPS) is 14.4. The van der Waals surface area contributed by atoms with Crippen LogP contribution in [0.4, 0.5) is 10.5 Å². The Morgan fingerprint density at radius 1 is 1.21 bits per heavy atom. The zero-order valence-corrected chi connectivity index (χ0v) is 13.9. The van der Waals surface area contributed by atoms with E-state index in [4.69, 9.17) is 16.3 Å². The number of methoxy groups -OCH3 is 1. The van der Waals surface area contributed by atoms with Crippen molar-refractivity contribution < 1.29 is 23.9 Å². The average molecular weight is 354 g/mol. The number of nitrogens with zero attached hydrogens (tertiary/aromatic N) is 2. The van der Waals surface area contributed by atoms with Gasteiger partial charge in [0, 0.05) is 11.6 Å². The minimum atomic E-state index is -1.01. The molecular formula is C15H16ClN3O5. The Morgan fingerprint density at radius 3 is 2.50 bits per heavy atom. The number of urea groups is 1. The van der Waals surface area contributed by atoms with Crippen LogP contribution in [0, 0.1) is 0 Å². The van der Waals surface area contributed by atoms with Gasteiger partial charge in [-0.05, 0) is 24.6 Å². The molecule has 0 spiro atoms. The van der Waals surface area contributed by atoms with E-state index in [-0.39, 0.29) is 6.54 Å². The number of rotatable bonds is 6. The van der Waals surface area contributed by atoms with Gasteiger partial charge in [-0.3, -0.25) is 19.3 Å². The number of imide groups is 2. The molecule has 1 saturated heterocycles. The minimum absolute atomic E-state index is 0.129. The van der Waals surface area contributed by atoms with Crippen LogP contribution in [0.1, 0.15) is 13.3 Å². The van der Waals surface area contributed by atoms with Crippen LogP contribution in [0.2, 0.25) is 5.02 Å². The van der Waals surface area contributed by atoms with Gasteiger partial charge in [0.1, 0.15) is 12.3 Å². The lowest BCUT2D eigenvalue weighted by Crippen LogP contribution is -2.39. The summed E-state index contributed by atoms with van der Waals surface area (Å²) in [4.78, 5) is 49.2. The van der Waals surface area contributed by atoms with E-state index in [1.807, 2.05) is 0 Å². The van der Waals surface area contributed by atoms with E-state index in [1.54, 1.807) is 19.1 Å². The molecule has 1 N–H and O–H groups in total. The average Bonchev–Trinajstić information content (AvgIpc) is 2.73. The van der Waals surface area contributed by atoms with Gasteiger partial charge < -0.3 is 10.1 Å². The van der Waals surface area contributed by atoms with Crippen molar-refractivity contribution in [2.24, 2.45) is 0 Å². The second kappa shape index (κ2) is 7.31. The molecule has 9 heteroatoms. The summed E-state index contributed by atoms with van der Waals surface area (Å²) in [7, 11) is 1.42. The number of carbonyl (C=O) groups excluding carboxylic acids is 4. The Labute approximate surface area is 143 Å². The molecular weight excluding hydrogens is 338 g/mol. The smallest absolute Gasteiger partial charge is 0.334 e. The summed E-state index contributed by atoms with van der Waals surface area (Å²) in [5, 5.41) is 2.89. The van der Waals surface area contributed by atoms with Gasteiger partial charge in [0.2, 0.25) is 5.91 Å². The third-order valence-electron chi connectivity index (χ3n) is 3.32. The molecule has 128 valence electrons. The largest absolute Gasteiger partial charge is 0.495 e. The van der Waals surface area contributed by atoms with Crippen LogP contribution in [0.25, 0.3) is 0 Å². The van der Waals surface area contributed by atoms with Crippen molar-refractivity contribution in [1.29, 1.82) is 0 Å². The summed E-state index contributed by atoms with van der Waals surface area (Å²) < 4.78 is 5.10. The minimum Gasteiger partial charge on any atom is -0.495 e. The van der Waals surface area contributed by atoms with Crippen LogP contribution in [0.15, 0.2) is 18.2 Å². The van der Waals surface area contributed by atoms with Crippen molar-refractivity contribution in [2.75, 3.05) is 25.5 Å². The van der Waals surface area contributed by atoms with Crippen LogP contribution in [0.3, 0.4) is 0 Å². The molecule has 0 saturated carbocycles. The maximum Gasteiger partial charge on any atom is 0.334 e. The van der Waals surface area contributed by atoms with E-state index in [0.717, 1.165) is 4.90 Å². The first-order valence-corrected chi connectivity index (χ1v) is 7.57. The fourth-order valence-corrected chi connectivity index (χ4v) is 2.39. The van der Waals surface area contributed by atoms with Crippen molar-refractivity contribution in [3.05, 3.63) is 23.2 Å². The third kappa shape index (κ3) is 3.48. The highest BCUT2D eigenvalue weighted by molar-refractivity contribution is 6.45. The highest BCUT2D eigenvalue weighted by Crippen LogP contribution is 2.27. The van der Waals surface area contributed by atoms with Crippen LogP contribution in [-0.4, -0.2) is 53.8 Å². The lowest BCUT2D eigenvalue weighted by molar-refractivity contribution is -0.143. The molecule has 0 atom stereocenters. The molecule has 0 unspecified atom stereocenters. The van der Waals surface area contributed by atoms with E-state index < -0.39 is 30.3 Å². The first-order chi connectivity index (χ1) is 11.4. The molecule has 1 aromatic carbocycles. The monoisotopic (exact) mass is 353 g/mol. The Kier molecular flexibility index (Phi) is 5.40. The van der Waals surface area contributed by atoms with E-state index in [0.29, 0.717) is 27.8 Å². The Hall–Kier alpha value is -2.61. The van der Waals surface area contributed by atoms with E-state index >= 15 is 0 Å². The molecule has 5 amide bonds. The number of halogens is 1. The molecule has 0 aromatic heterocycles. The molecule has 1 aromatic rings. The molecule has 24 heavy (non-hydrogen) atoms. The number of benzene rings is 1. The highest BCUT2D eigenvalue weighted by atomic mass is 35.5. The quantitative estimate of drug-likeness (QED) is 0.617. The predicted molar refractivity (Wildman–Crippen MR) is 85.7 cm³/mol. The lowest BCUT2D eigenvalue weighted by Gasteiger charge is -2.15. The van der Waals surface area contributed by atoms with Crippen molar-refractivity contribution >= 4 is 41.0 Å². The summed E-state index contributed by atoms with van der Waals surface area (Å²) in [6.45, 7) is 1.33. The van der Waals surface area contributed by atoms with Gasteiger partial charge in [0.15, 0.2) is 0 Å². The fraction of sp³-hybridized carbons (Fsp3) is 0.333. The van der Waals surface area contributed by atoms with E-state index in [2.05, 4.69) is 5.32 Å². The van der Waals surface area contributed by atoms with Crippen LogP contribution < -0.4 is 10.1 Å². The Bertz CT molecular complexity index is 706. The SMILES string of the molecule is CCCN1C(=O)C(=O)N(CC(=O)Nc2cc(Cl)ccc2OC)C1=O. The van der Waals surface area contributed by atoms with Gasteiger partial charge in [-0.25, -0.2) is 9.69 Å². The molecule has 0 bridgehead atoms. The standard InChI is InChI=1S/C15H16ClN3O5/c1-3-6-18-13(21)14(22)19(15(18)23)8-12(20)17-10-7-9(16)4-5-11(10)24-2/h4-5,7H,3,6,8H2,1-2H3,(H,17,20). The summed E-state index contributed by atoms with van der Waals surface area (Å²) >= 11 is 5.87. The number of hydrogen-bond acceptors (Lipinski definition) is 5. The topological polar surface area (TPSA) is 96.0 Å². The molecule has 0 aliphatic carbocycles. The second-order valence-corrected chi connectivity index (χ2v) is 5.46. The third-order valence-corrected chi connectivity index (χ3v) is 3.55. The zero-order chi connectivity index (χ0) is 17.9. The predicted octanol–water partition coefficient (Wildman–Crippen LogP) is 1.49. The van der Waals surface area contributed by atoms with Crippen LogP contribution in [-0.2, 0) is 14.4 Å². The summed E-state index contributed by atoms with van der Waals surface area (Å²) in [6, 6.07) is 3.84. The van der Waals surface area contributed by atoms with Gasteiger partial charge in [-0.2, -0.15) is 0 Å². The molecule has 1 fully saturated rings. The van der Waals surface area contributed by atoms with Crippen LogP contribution in [0.5, 0.6) is 5.75 Å². The Balaban J connectivity index is 2.10. The lowest BCUT2D eigenvalue weighted by atomic mass is 10.3. The highest BCUT2D eigenvalue weighted by Gasteiger charge is 2.44. The number of ether oxygens (including phenoxy) is 1. The molecule has 8 nitrogen and oxygen atoms in total. The summed E-state index contributed by atoms with van der Waals surface area (Å²) in [6.07, 6.45) is 0.518. The molecule has 1 aliphatic rings. The number of amides is 5. The van der Waals surface area contributed by atoms with Crippen molar-refractivity contribution in [3.8, 4) is 5.75 Å². The maximum atomic E-state index is 12.1. The molecule has 2 rings (SSSR count). The van der Waals surface area contributed by atoms with Gasteiger partial charge in [0.05, 0.1) is 12.8 Å². The molecule has 1 aliphatic heterocycles. The first-order valence-electron chi connectivity index (χ1n) is 7.19. The van der Waals surface area contributed by atoms with Crippen molar-refractivity contribution in [3.63, 3.8) is 0 Å². The van der Waals surface area contributed by atoms with Gasteiger partial charge in [-0.1, -0.05) is 18.5 Å². The van der Waals surface area contributed by atoms with E-state index in [1.165, 1.54) is 13.2 Å². The second-order valence-electron chi connectivity index (χ2n) is 5.02. The number of carbonyl (C=O) groups is 4. The number of anilines is 1. The maximum absolute atomic E-state index is 12.1. The van der Waals surface area contributed by atoms with E-state index in [9.17, 15) is 19.2 Å². The first kappa shape index (κ1) is 17.7. The summed E-state index contributed by atoms with van der Waals surface area (Å²) in [5.74, 6) is -2.21. The van der Waals surface area contributed by atoms with Crippen molar-refractivity contribution in [1.82, 2.24) is 9.80 Å². The van der Waals surface area contributed by atoms with Gasteiger partial charge in [0.25, 0.3) is 0 Å². The van der Waals surface area contributed by atoms with Crippen molar-refractivity contribution in [2.45, 2.75) is 13.3 Å².